The predicted octanol–water partition coefficient (Wildman–Crippen LogP) is 1.49. The minimum atomic E-state index is -0.424. The molecule has 2 N–H and O–H groups in total. The lowest BCUT2D eigenvalue weighted by atomic mass is 9.93. The first kappa shape index (κ1) is 14.1. The van der Waals surface area contributed by atoms with Crippen LogP contribution in [0.25, 0.3) is 0 Å². The molecular formula is C16H20N2O3. The highest BCUT2D eigenvalue weighted by molar-refractivity contribution is 6.00. The summed E-state index contributed by atoms with van der Waals surface area (Å²) in [4.78, 5) is 26.1. The fourth-order valence-corrected chi connectivity index (χ4v) is 3.25. The molecule has 2 aliphatic heterocycles. The van der Waals surface area contributed by atoms with E-state index in [4.69, 9.17) is 10.5 Å². The summed E-state index contributed by atoms with van der Waals surface area (Å²) in [7, 11) is 0. The molecule has 112 valence electrons. The number of benzene rings is 1. The van der Waals surface area contributed by atoms with Crippen molar-refractivity contribution in [1.82, 2.24) is 0 Å². The first-order chi connectivity index (χ1) is 10.2. The quantitative estimate of drug-likeness (QED) is 0.896. The summed E-state index contributed by atoms with van der Waals surface area (Å²) in [6.07, 6.45) is 3.22. The highest BCUT2D eigenvalue weighted by Gasteiger charge is 2.31. The normalized spacial score (nSPS) is 19.1. The third kappa shape index (κ3) is 2.65. The molecule has 5 heteroatoms. The molecule has 5 nitrogen and oxygen atoms in total. The van der Waals surface area contributed by atoms with Crippen LogP contribution in [0.2, 0.25) is 0 Å². The van der Waals surface area contributed by atoms with Crippen LogP contribution in [0, 0.1) is 5.92 Å². The van der Waals surface area contributed by atoms with Gasteiger partial charge in [0.05, 0.1) is 0 Å². The summed E-state index contributed by atoms with van der Waals surface area (Å²) < 4.78 is 5.33. The smallest absolute Gasteiger partial charge is 0.249 e. The van der Waals surface area contributed by atoms with Crippen LogP contribution < -0.4 is 10.6 Å². The Bertz CT molecular complexity index is 565. The van der Waals surface area contributed by atoms with Gasteiger partial charge in [0.15, 0.2) is 0 Å². The first-order valence-corrected chi connectivity index (χ1v) is 7.49. The van der Waals surface area contributed by atoms with Crippen LogP contribution in [0.5, 0.6) is 0 Å². The summed E-state index contributed by atoms with van der Waals surface area (Å²) in [5, 5.41) is 0. The van der Waals surface area contributed by atoms with Crippen LogP contribution in [-0.2, 0) is 16.0 Å². The maximum absolute atomic E-state index is 12.8. The van der Waals surface area contributed by atoms with E-state index in [0.717, 1.165) is 36.9 Å². The van der Waals surface area contributed by atoms with Gasteiger partial charge in [-0.05, 0) is 43.4 Å². The fraction of sp³-hybridized carbons (Fsp3) is 0.500. The largest absolute Gasteiger partial charge is 0.381 e. The summed E-state index contributed by atoms with van der Waals surface area (Å²) in [5.74, 6) is -0.241. The van der Waals surface area contributed by atoms with Crippen molar-refractivity contribution in [3.63, 3.8) is 0 Å². The summed E-state index contributed by atoms with van der Waals surface area (Å²) >= 11 is 0. The minimum Gasteiger partial charge on any atom is -0.381 e. The number of anilines is 1. The molecule has 0 atom stereocenters. The predicted molar refractivity (Wildman–Crippen MR) is 79.2 cm³/mol. The molecule has 0 aliphatic carbocycles. The molecule has 3 rings (SSSR count). The van der Waals surface area contributed by atoms with Crippen LogP contribution in [0.3, 0.4) is 0 Å². The molecule has 2 heterocycles. The zero-order chi connectivity index (χ0) is 14.8. The van der Waals surface area contributed by atoms with E-state index in [0.29, 0.717) is 25.3 Å². The number of hydrogen-bond acceptors (Lipinski definition) is 3. The van der Waals surface area contributed by atoms with Gasteiger partial charge in [0.2, 0.25) is 11.8 Å². The van der Waals surface area contributed by atoms with Crippen molar-refractivity contribution in [1.29, 1.82) is 0 Å². The summed E-state index contributed by atoms with van der Waals surface area (Å²) in [5.41, 5.74) is 7.75. The molecule has 2 aliphatic rings. The molecule has 1 fully saturated rings. The Morgan fingerprint density at radius 1 is 1.24 bits per heavy atom. The fourth-order valence-electron chi connectivity index (χ4n) is 3.25. The van der Waals surface area contributed by atoms with E-state index in [2.05, 4.69) is 0 Å². The van der Waals surface area contributed by atoms with E-state index >= 15 is 0 Å². The Hall–Kier alpha value is -1.88. The summed E-state index contributed by atoms with van der Waals surface area (Å²) in [6.45, 7) is 2.02. The van der Waals surface area contributed by atoms with Gasteiger partial charge in [-0.2, -0.15) is 0 Å². The van der Waals surface area contributed by atoms with Crippen molar-refractivity contribution in [2.75, 3.05) is 24.7 Å². The molecular weight excluding hydrogens is 268 g/mol. The number of ether oxygens (including phenoxy) is 1. The third-order valence-electron chi connectivity index (χ3n) is 4.35. The molecule has 1 aromatic rings. The zero-order valence-electron chi connectivity index (χ0n) is 12.0. The number of amides is 2. The van der Waals surface area contributed by atoms with Gasteiger partial charge in [-0.15, -0.1) is 0 Å². The van der Waals surface area contributed by atoms with Gasteiger partial charge in [0, 0.05) is 36.9 Å². The van der Waals surface area contributed by atoms with Crippen molar-refractivity contribution < 1.29 is 14.3 Å². The van der Waals surface area contributed by atoms with Gasteiger partial charge in [-0.25, -0.2) is 0 Å². The van der Waals surface area contributed by atoms with Gasteiger partial charge in [-0.3, -0.25) is 9.59 Å². The first-order valence-electron chi connectivity index (χ1n) is 7.49. The molecule has 0 saturated carbocycles. The van der Waals surface area contributed by atoms with E-state index < -0.39 is 5.91 Å². The second-order valence-corrected chi connectivity index (χ2v) is 5.65. The Morgan fingerprint density at radius 3 is 2.71 bits per heavy atom. The number of carbonyl (C=O) groups is 2. The maximum atomic E-state index is 12.8. The van der Waals surface area contributed by atoms with Crippen molar-refractivity contribution in [2.45, 2.75) is 25.7 Å². The maximum Gasteiger partial charge on any atom is 0.249 e. The van der Waals surface area contributed by atoms with Gasteiger partial charge in [0.1, 0.15) is 0 Å². The molecule has 0 radical (unpaired) electrons. The molecule has 0 spiro atoms. The lowest BCUT2D eigenvalue weighted by molar-refractivity contribution is -0.125. The van der Waals surface area contributed by atoms with Crippen molar-refractivity contribution in [3.8, 4) is 0 Å². The second kappa shape index (κ2) is 5.85. The SMILES string of the molecule is NC(=O)c1cccc2c1CCCN2C(=O)C1CCOCC1. The van der Waals surface area contributed by atoms with Crippen LogP contribution in [0.15, 0.2) is 18.2 Å². The molecule has 21 heavy (non-hydrogen) atoms. The second-order valence-electron chi connectivity index (χ2n) is 5.65. The Morgan fingerprint density at radius 2 is 2.00 bits per heavy atom. The van der Waals surface area contributed by atoms with E-state index in [1.165, 1.54) is 0 Å². The van der Waals surface area contributed by atoms with Crippen LogP contribution in [-0.4, -0.2) is 31.6 Å². The third-order valence-corrected chi connectivity index (χ3v) is 4.35. The standard InChI is InChI=1S/C16H20N2O3/c17-15(19)13-3-1-5-14-12(13)4-2-8-18(14)16(20)11-6-9-21-10-7-11/h1,3,5,11H,2,4,6-10H2,(H2,17,19). The van der Waals surface area contributed by atoms with Gasteiger partial charge in [-0.1, -0.05) is 6.07 Å². The average Bonchev–Trinajstić information content (AvgIpc) is 2.53. The van der Waals surface area contributed by atoms with Crippen LogP contribution >= 0.6 is 0 Å². The topological polar surface area (TPSA) is 72.6 Å². The van der Waals surface area contributed by atoms with Crippen molar-refractivity contribution >= 4 is 17.5 Å². The molecule has 0 unspecified atom stereocenters. The number of fused-ring (bicyclic) bond motifs is 1. The Kier molecular flexibility index (Phi) is 3.92. The summed E-state index contributed by atoms with van der Waals surface area (Å²) in [6, 6.07) is 5.45. The number of nitrogens with zero attached hydrogens (tertiary/aromatic N) is 1. The van der Waals surface area contributed by atoms with E-state index in [1.807, 2.05) is 11.0 Å². The van der Waals surface area contributed by atoms with Gasteiger partial charge >= 0.3 is 0 Å². The number of nitrogens with two attached hydrogens (primary N) is 1. The average molecular weight is 288 g/mol. The number of carbonyl (C=O) groups excluding carboxylic acids is 2. The highest BCUT2D eigenvalue weighted by atomic mass is 16.5. The van der Waals surface area contributed by atoms with Crippen molar-refractivity contribution in [3.05, 3.63) is 29.3 Å². The lowest BCUT2D eigenvalue weighted by Crippen LogP contribution is -2.41. The number of primary amides is 1. The molecule has 1 aromatic carbocycles. The van der Waals surface area contributed by atoms with Crippen LogP contribution in [0.1, 0.15) is 35.2 Å². The van der Waals surface area contributed by atoms with E-state index in [9.17, 15) is 9.59 Å². The number of hydrogen-bond donors (Lipinski definition) is 1. The molecule has 0 bridgehead atoms. The van der Waals surface area contributed by atoms with Crippen LogP contribution in [0.4, 0.5) is 5.69 Å². The van der Waals surface area contributed by atoms with Gasteiger partial charge in [0.25, 0.3) is 0 Å². The Labute approximate surface area is 124 Å². The van der Waals surface area contributed by atoms with E-state index in [-0.39, 0.29) is 11.8 Å². The van der Waals surface area contributed by atoms with Crippen molar-refractivity contribution in [2.24, 2.45) is 11.7 Å². The zero-order valence-corrected chi connectivity index (χ0v) is 12.0. The minimum absolute atomic E-state index is 0.0296. The Balaban J connectivity index is 1.91. The molecule has 1 saturated heterocycles. The highest BCUT2D eigenvalue weighted by Crippen LogP contribution is 2.32. The molecule has 0 aromatic heterocycles. The molecule has 2 amide bonds. The number of rotatable bonds is 2. The van der Waals surface area contributed by atoms with Gasteiger partial charge < -0.3 is 15.4 Å². The monoisotopic (exact) mass is 288 g/mol. The van der Waals surface area contributed by atoms with E-state index in [1.54, 1.807) is 12.1 Å². The lowest BCUT2D eigenvalue weighted by Gasteiger charge is -2.34.